The lowest BCUT2D eigenvalue weighted by molar-refractivity contribution is -0.155. The number of carbonyl (C=O) groups excluding carboxylic acids is 1. The highest BCUT2D eigenvalue weighted by Crippen LogP contribution is 2.35. The third-order valence-corrected chi connectivity index (χ3v) is 10.1. The van der Waals surface area contributed by atoms with Crippen LogP contribution >= 0.6 is 0 Å². The molecule has 0 saturated heterocycles. The van der Waals surface area contributed by atoms with Gasteiger partial charge in [-0.1, -0.05) is 81.4 Å². The third-order valence-electron chi connectivity index (χ3n) is 4.94. The van der Waals surface area contributed by atoms with Gasteiger partial charge in [-0.05, 0) is 36.2 Å². The lowest BCUT2D eigenvalue weighted by Gasteiger charge is -2.39. The fourth-order valence-electron chi connectivity index (χ4n) is 3.57. The van der Waals surface area contributed by atoms with Gasteiger partial charge in [0.2, 0.25) is 8.07 Å². The first-order valence-electron chi connectivity index (χ1n) is 10.2. The molecule has 0 radical (unpaired) electrons. The zero-order valence-electron chi connectivity index (χ0n) is 18.8. The molecule has 0 aromatic heterocycles. The van der Waals surface area contributed by atoms with Gasteiger partial charge in [-0.2, -0.15) is 0 Å². The molecular weight excluding hydrogens is 386 g/mol. The summed E-state index contributed by atoms with van der Waals surface area (Å²) in [6.07, 6.45) is 0.170. The molecule has 30 heavy (non-hydrogen) atoms. The number of benzene rings is 2. The van der Waals surface area contributed by atoms with Crippen LogP contribution in [-0.2, 0) is 9.53 Å². The van der Waals surface area contributed by atoms with Crippen LogP contribution in [0.4, 0.5) is 0 Å². The van der Waals surface area contributed by atoms with Gasteiger partial charge in [0, 0.05) is 0 Å². The number of carbonyl (C=O) groups is 1. The first kappa shape index (κ1) is 23.5. The van der Waals surface area contributed by atoms with Gasteiger partial charge in [0.15, 0.2) is 0 Å². The van der Waals surface area contributed by atoms with Crippen molar-refractivity contribution < 1.29 is 9.53 Å². The first-order valence-corrected chi connectivity index (χ1v) is 12.2. The molecule has 0 aliphatic heterocycles. The van der Waals surface area contributed by atoms with Crippen molar-refractivity contribution in [1.82, 2.24) is 0 Å². The minimum atomic E-state index is -2.53. The molecule has 0 amide bonds. The highest BCUT2D eigenvalue weighted by molar-refractivity contribution is 7.10. The second-order valence-corrected chi connectivity index (χ2v) is 13.8. The summed E-state index contributed by atoms with van der Waals surface area (Å²) in [5, 5.41) is 2.36. The molecular formula is C26H31NO2Si. The molecule has 1 unspecified atom stereocenters. The summed E-state index contributed by atoms with van der Waals surface area (Å²) in [6, 6.07) is 19.9. The molecule has 0 spiro atoms. The molecule has 3 nitrogen and oxygen atoms in total. The van der Waals surface area contributed by atoms with E-state index in [1.807, 2.05) is 12.1 Å². The zero-order valence-corrected chi connectivity index (χ0v) is 19.8. The van der Waals surface area contributed by atoms with Crippen molar-refractivity contribution in [2.75, 3.05) is 0 Å². The van der Waals surface area contributed by atoms with E-state index in [0.717, 1.165) is 0 Å². The SMILES string of the molecule is [C-]#[N+]C(CC#C[Si](c1ccccc1)(c1ccccc1)C(C)(C)C)C(=O)OC(C)(C)C. The summed E-state index contributed by atoms with van der Waals surface area (Å²) in [6.45, 7) is 19.6. The van der Waals surface area contributed by atoms with Gasteiger partial charge in [0.25, 0.3) is 0 Å². The van der Waals surface area contributed by atoms with Crippen LogP contribution in [0, 0.1) is 18.0 Å². The third kappa shape index (κ3) is 5.41. The normalized spacial score (nSPS) is 12.8. The molecule has 156 valence electrons. The Labute approximate surface area is 182 Å². The first-order chi connectivity index (χ1) is 14.0. The molecule has 0 bridgehead atoms. The van der Waals surface area contributed by atoms with Crippen LogP contribution < -0.4 is 10.4 Å². The Morgan fingerprint density at radius 1 is 0.967 bits per heavy atom. The Kier molecular flexibility index (Phi) is 7.29. The van der Waals surface area contributed by atoms with E-state index < -0.39 is 25.7 Å². The van der Waals surface area contributed by atoms with Crippen LogP contribution in [0.25, 0.3) is 4.85 Å². The van der Waals surface area contributed by atoms with E-state index in [2.05, 4.69) is 85.6 Å². The Morgan fingerprint density at radius 3 is 1.80 bits per heavy atom. The maximum atomic E-state index is 12.4. The smallest absolute Gasteiger partial charge is 0.391 e. The average molecular weight is 418 g/mol. The molecule has 4 heteroatoms. The Hall–Kier alpha value is -2.82. The minimum absolute atomic E-state index is 0.0950. The standard InChI is InChI=1S/C26H31NO2Si/c1-25(2,3)29-24(28)23(27-7)19-14-20-30(26(4,5)6,21-15-10-8-11-16-21)22-17-12-9-13-18-22/h8-13,15-18,23H,19H2,1-6H3. The lowest BCUT2D eigenvalue weighted by Crippen LogP contribution is -2.63. The quantitative estimate of drug-likeness (QED) is 0.315. The molecule has 0 N–H and O–H groups in total. The summed E-state index contributed by atoms with van der Waals surface area (Å²) in [5.74, 6) is 2.74. The van der Waals surface area contributed by atoms with E-state index in [-0.39, 0.29) is 11.5 Å². The number of ether oxygens (including phenoxy) is 1. The van der Waals surface area contributed by atoms with Gasteiger partial charge in [-0.15, -0.1) is 11.5 Å². The Balaban J connectivity index is 2.53. The fraction of sp³-hybridized carbons (Fsp3) is 0.385. The summed E-state index contributed by atoms with van der Waals surface area (Å²) in [4.78, 5) is 15.9. The Bertz CT molecular complexity index is 912. The van der Waals surface area contributed by atoms with E-state index in [9.17, 15) is 4.79 Å². The summed E-state index contributed by atoms with van der Waals surface area (Å²) in [7, 11) is -2.53. The maximum Gasteiger partial charge on any atom is 0.391 e. The largest absolute Gasteiger partial charge is 0.454 e. The monoisotopic (exact) mass is 417 g/mol. The molecule has 2 rings (SSSR count). The number of rotatable bonds is 4. The van der Waals surface area contributed by atoms with E-state index in [4.69, 9.17) is 11.3 Å². The van der Waals surface area contributed by atoms with E-state index in [1.165, 1.54) is 10.4 Å². The summed E-state index contributed by atoms with van der Waals surface area (Å²) < 4.78 is 5.40. The second kappa shape index (κ2) is 9.33. The summed E-state index contributed by atoms with van der Waals surface area (Å²) >= 11 is 0. The molecule has 0 fully saturated rings. The number of esters is 1. The van der Waals surface area contributed by atoms with Crippen molar-refractivity contribution in [2.45, 2.75) is 64.6 Å². The van der Waals surface area contributed by atoms with E-state index >= 15 is 0 Å². The topological polar surface area (TPSA) is 30.7 Å². The lowest BCUT2D eigenvalue weighted by atomic mass is 10.1. The molecule has 0 aliphatic rings. The van der Waals surface area contributed by atoms with Crippen molar-refractivity contribution in [3.63, 3.8) is 0 Å². The van der Waals surface area contributed by atoms with Gasteiger partial charge in [-0.3, -0.25) is 0 Å². The van der Waals surface area contributed by atoms with E-state index in [1.54, 1.807) is 20.8 Å². The number of hydrogen-bond donors (Lipinski definition) is 0. The molecule has 2 aromatic rings. The minimum Gasteiger partial charge on any atom is -0.454 e. The van der Waals surface area contributed by atoms with Crippen molar-refractivity contribution in [1.29, 1.82) is 0 Å². The van der Waals surface area contributed by atoms with Crippen LogP contribution in [0.3, 0.4) is 0 Å². The van der Waals surface area contributed by atoms with Gasteiger partial charge in [-0.25, -0.2) is 11.4 Å². The van der Waals surface area contributed by atoms with Crippen LogP contribution in [0.1, 0.15) is 48.0 Å². The van der Waals surface area contributed by atoms with Gasteiger partial charge < -0.3 is 9.58 Å². The highest BCUT2D eigenvalue weighted by atomic mass is 28.3. The molecule has 0 heterocycles. The van der Waals surface area contributed by atoms with E-state index in [0.29, 0.717) is 0 Å². The maximum absolute atomic E-state index is 12.4. The van der Waals surface area contributed by atoms with Crippen molar-refractivity contribution >= 4 is 24.4 Å². The van der Waals surface area contributed by atoms with Crippen LogP contribution in [0.2, 0.25) is 5.04 Å². The van der Waals surface area contributed by atoms with Crippen molar-refractivity contribution in [3.05, 3.63) is 72.1 Å². The average Bonchev–Trinajstić information content (AvgIpc) is 2.67. The van der Waals surface area contributed by atoms with Gasteiger partial charge >= 0.3 is 12.0 Å². The predicted molar refractivity (Wildman–Crippen MR) is 126 cm³/mol. The zero-order chi connectivity index (χ0) is 22.4. The van der Waals surface area contributed by atoms with Crippen LogP contribution in [0.5, 0.6) is 0 Å². The van der Waals surface area contributed by atoms with Gasteiger partial charge in [0.05, 0.1) is 6.42 Å². The fourth-order valence-corrected chi connectivity index (χ4v) is 8.05. The van der Waals surface area contributed by atoms with Crippen molar-refractivity contribution in [2.24, 2.45) is 0 Å². The molecule has 0 saturated carbocycles. The molecule has 0 aliphatic carbocycles. The Morgan fingerprint density at radius 2 is 1.43 bits per heavy atom. The van der Waals surface area contributed by atoms with Gasteiger partial charge in [0.1, 0.15) is 5.60 Å². The number of nitrogens with zero attached hydrogens (tertiary/aromatic N) is 1. The number of hydrogen-bond acceptors (Lipinski definition) is 2. The molecule has 2 aromatic carbocycles. The van der Waals surface area contributed by atoms with Crippen LogP contribution in [0.15, 0.2) is 60.7 Å². The molecule has 1 atom stereocenters. The summed E-state index contributed by atoms with van der Waals surface area (Å²) in [5.41, 5.74) is 3.01. The predicted octanol–water partition coefficient (Wildman–Crippen LogP) is 4.61. The van der Waals surface area contributed by atoms with Crippen molar-refractivity contribution in [3.8, 4) is 11.5 Å². The second-order valence-electron chi connectivity index (χ2n) is 9.42. The van der Waals surface area contributed by atoms with Crippen LogP contribution in [-0.4, -0.2) is 25.7 Å². The highest BCUT2D eigenvalue weighted by Gasteiger charge is 2.47.